The van der Waals surface area contributed by atoms with Gasteiger partial charge in [0.05, 0.1) is 0 Å². The second-order valence-electron chi connectivity index (χ2n) is 3.71. The van der Waals surface area contributed by atoms with Crippen LogP contribution in [-0.2, 0) is 0 Å². The van der Waals surface area contributed by atoms with Gasteiger partial charge in [-0.25, -0.2) is 0 Å². The number of hydrogen-bond acceptors (Lipinski definition) is 1. The molecule has 1 saturated heterocycles. The Hall–Kier alpha value is 0.250. The Morgan fingerprint density at radius 2 is 2.30 bits per heavy atom. The summed E-state index contributed by atoms with van der Waals surface area (Å²) in [5, 5.41) is 3.35. The van der Waals surface area contributed by atoms with Gasteiger partial charge in [-0.3, -0.25) is 0 Å². The van der Waals surface area contributed by atoms with Crippen LogP contribution in [0, 0.1) is 11.3 Å². The quantitative estimate of drug-likeness (QED) is 0.574. The highest BCUT2D eigenvalue weighted by atomic mass is 35.5. The molecule has 2 fully saturated rings. The first-order chi connectivity index (χ1) is 4.87. The third kappa shape index (κ3) is 0.802. The first-order valence-electron chi connectivity index (χ1n) is 4.14. The van der Waals surface area contributed by atoms with Gasteiger partial charge in [0.15, 0.2) is 0 Å². The Morgan fingerprint density at radius 3 is 2.70 bits per heavy atom. The lowest BCUT2D eigenvalue weighted by Gasteiger charge is -2.43. The van der Waals surface area contributed by atoms with Crippen molar-refractivity contribution in [2.45, 2.75) is 19.3 Å². The zero-order valence-corrected chi connectivity index (χ0v) is 6.95. The van der Waals surface area contributed by atoms with Crippen molar-refractivity contribution in [3.05, 3.63) is 0 Å². The van der Waals surface area contributed by atoms with Crippen LogP contribution in [0.2, 0.25) is 0 Å². The van der Waals surface area contributed by atoms with Crippen LogP contribution in [0.25, 0.3) is 0 Å². The largest absolute Gasteiger partial charge is 0.316 e. The standard InChI is InChI=1S/C8H14ClN/c9-4-7-2-1-3-8(7)5-10-6-8/h7,10H,1-6H2. The van der Waals surface area contributed by atoms with Crippen LogP contribution in [0.3, 0.4) is 0 Å². The predicted octanol–water partition coefficient (Wildman–Crippen LogP) is 1.61. The predicted molar refractivity (Wildman–Crippen MR) is 43.4 cm³/mol. The van der Waals surface area contributed by atoms with Crippen LogP contribution in [-0.4, -0.2) is 19.0 Å². The van der Waals surface area contributed by atoms with Crippen molar-refractivity contribution in [2.24, 2.45) is 11.3 Å². The van der Waals surface area contributed by atoms with Gasteiger partial charge < -0.3 is 5.32 Å². The summed E-state index contributed by atoms with van der Waals surface area (Å²) < 4.78 is 0. The minimum atomic E-state index is 0.641. The summed E-state index contributed by atoms with van der Waals surface area (Å²) in [7, 11) is 0. The van der Waals surface area contributed by atoms with Crippen LogP contribution in [0.15, 0.2) is 0 Å². The number of halogens is 1. The summed E-state index contributed by atoms with van der Waals surface area (Å²) >= 11 is 5.88. The van der Waals surface area contributed by atoms with Crippen LogP contribution >= 0.6 is 11.6 Å². The topological polar surface area (TPSA) is 12.0 Å². The molecule has 1 aliphatic heterocycles. The number of hydrogen-bond donors (Lipinski definition) is 1. The maximum absolute atomic E-state index is 5.88. The maximum atomic E-state index is 5.88. The van der Waals surface area contributed by atoms with E-state index in [0.717, 1.165) is 11.8 Å². The van der Waals surface area contributed by atoms with E-state index < -0.39 is 0 Å². The summed E-state index contributed by atoms with van der Waals surface area (Å²) in [6.45, 7) is 2.45. The van der Waals surface area contributed by atoms with Gasteiger partial charge in [0.2, 0.25) is 0 Å². The molecule has 0 aromatic carbocycles. The van der Waals surface area contributed by atoms with E-state index in [4.69, 9.17) is 11.6 Å². The molecule has 2 aliphatic rings. The van der Waals surface area contributed by atoms with Crippen LogP contribution in [0.5, 0.6) is 0 Å². The fourth-order valence-electron chi connectivity index (χ4n) is 2.36. The van der Waals surface area contributed by atoms with Crippen LogP contribution in [0.1, 0.15) is 19.3 Å². The van der Waals surface area contributed by atoms with Crippen molar-refractivity contribution in [3.8, 4) is 0 Å². The van der Waals surface area contributed by atoms with Gasteiger partial charge in [-0.05, 0) is 24.2 Å². The normalized spacial score (nSPS) is 36.3. The highest BCUT2D eigenvalue weighted by Gasteiger charge is 2.46. The molecule has 10 heavy (non-hydrogen) atoms. The molecule has 2 heteroatoms. The summed E-state index contributed by atoms with van der Waals surface area (Å²) in [5.74, 6) is 1.69. The molecule has 1 spiro atoms. The lowest BCUT2D eigenvalue weighted by atomic mass is 9.74. The zero-order chi connectivity index (χ0) is 7.03. The van der Waals surface area contributed by atoms with Crippen molar-refractivity contribution in [2.75, 3.05) is 19.0 Å². The molecule has 0 bridgehead atoms. The molecule has 2 rings (SSSR count). The van der Waals surface area contributed by atoms with Crippen LogP contribution in [0.4, 0.5) is 0 Å². The third-order valence-electron chi connectivity index (χ3n) is 3.23. The minimum Gasteiger partial charge on any atom is -0.316 e. The van der Waals surface area contributed by atoms with Gasteiger partial charge in [-0.1, -0.05) is 6.42 Å². The fourth-order valence-corrected chi connectivity index (χ4v) is 2.84. The lowest BCUT2D eigenvalue weighted by molar-refractivity contribution is 0.122. The Balaban J connectivity index is 2.05. The lowest BCUT2D eigenvalue weighted by Crippen LogP contribution is -2.55. The van der Waals surface area contributed by atoms with Crippen molar-refractivity contribution in [3.63, 3.8) is 0 Å². The van der Waals surface area contributed by atoms with Gasteiger partial charge >= 0.3 is 0 Å². The fraction of sp³-hybridized carbons (Fsp3) is 1.00. The Bertz CT molecular complexity index is 131. The number of nitrogens with one attached hydrogen (secondary N) is 1. The van der Waals surface area contributed by atoms with Crippen molar-refractivity contribution >= 4 is 11.6 Å². The SMILES string of the molecule is ClCC1CCCC12CNC2. The molecule has 1 atom stereocenters. The molecule has 0 amide bonds. The van der Waals surface area contributed by atoms with E-state index >= 15 is 0 Å². The van der Waals surface area contributed by atoms with Gasteiger partial charge in [-0.2, -0.15) is 0 Å². The molecule has 0 aromatic heterocycles. The first-order valence-corrected chi connectivity index (χ1v) is 4.67. The highest BCUT2D eigenvalue weighted by molar-refractivity contribution is 6.18. The average molecular weight is 160 g/mol. The molecule has 1 saturated carbocycles. The summed E-state index contributed by atoms with van der Waals surface area (Å²) in [6, 6.07) is 0. The van der Waals surface area contributed by atoms with Gasteiger partial charge in [0.1, 0.15) is 0 Å². The van der Waals surface area contributed by atoms with E-state index in [1.807, 2.05) is 0 Å². The van der Waals surface area contributed by atoms with E-state index in [1.54, 1.807) is 0 Å². The zero-order valence-electron chi connectivity index (χ0n) is 6.20. The molecule has 58 valence electrons. The monoisotopic (exact) mass is 159 g/mol. The van der Waals surface area contributed by atoms with E-state index in [2.05, 4.69) is 5.32 Å². The van der Waals surface area contributed by atoms with E-state index in [0.29, 0.717) is 5.41 Å². The second kappa shape index (κ2) is 2.38. The second-order valence-corrected chi connectivity index (χ2v) is 4.02. The smallest absolute Gasteiger partial charge is 0.0258 e. The Morgan fingerprint density at radius 1 is 1.50 bits per heavy atom. The number of rotatable bonds is 1. The molecule has 1 aliphatic carbocycles. The van der Waals surface area contributed by atoms with E-state index in [-0.39, 0.29) is 0 Å². The Labute approximate surface area is 67.1 Å². The molecule has 1 unspecified atom stereocenters. The number of alkyl halides is 1. The third-order valence-corrected chi connectivity index (χ3v) is 3.61. The minimum absolute atomic E-state index is 0.641. The molecular formula is C8H14ClN. The Kier molecular flexibility index (Phi) is 1.65. The maximum Gasteiger partial charge on any atom is 0.0258 e. The van der Waals surface area contributed by atoms with E-state index in [1.165, 1.54) is 32.4 Å². The molecule has 1 N–H and O–H groups in total. The van der Waals surface area contributed by atoms with Gasteiger partial charge in [0, 0.05) is 19.0 Å². The van der Waals surface area contributed by atoms with Crippen molar-refractivity contribution in [1.82, 2.24) is 5.32 Å². The van der Waals surface area contributed by atoms with Crippen molar-refractivity contribution < 1.29 is 0 Å². The molecule has 1 nitrogen and oxygen atoms in total. The first kappa shape index (κ1) is 6.93. The van der Waals surface area contributed by atoms with Gasteiger partial charge in [-0.15, -0.1) is 11.6 Å². The average Bonchev–Trinajstić information content (AvgIpc) is 2.27. The summed E-state index contributed by atoms with van der Waals surface area (Å²) in [6.07, 6.45) is 4.18. The molecule has 1 heterocycles. The summed E-state index contributed by atoms with van der Waals surface area (Å²) in [5.41, 5.74) is 0.641. The molecular weight excluding hydrogens is 146 g/mol. The van der Waals surface area contributed by atoms with E-state index in [9.17, 15) is 0 Å². The molecule has 0 aromatic rings. The molecule has 0 radical (unpaired) electrons. The van der Waals surface area contributed by atoms with Crippen molar-refractivity contribution in [1.29, 1.82) is 0 Å². The van der Waals surface area contributed by atoms with Gasteiger partial charge in [0.25, 0.3) is 0 Å². The van der Waals surface area contributed by atoms with Crippen LogP contribution < -0.4 is 5.32 Å². The highest BCUT2D eigenvalue weighted by Crippen LogP contribution is 2.46. The summed E-state index contributed by atoms with van der Waals surface area (Å²) in [4.78, 5) is 0.